The van der Waals surface area contributed by atoms with Crippen molar-refractivity contribution in [2.24, 2.45) is 0 Å². The maximum Gasteiger partial charge on any atom is 0.253 e. The normalized spacial score (nSPS) is 21.6. The van der Waals surface area contributed by atoms with Crippen LogP contribution >= 0.6 is 0 Å². The van der Waals surface area contributed by atoms with Gasteiger partial charge >= 0.3 is 0 Å². The first-order valence-electron chi connectivity index (χ1n) is 9.10. The molecule has 5 nitrogen and oxygen atoms in total. The number of ether oxygens (including phenoxy) is 2. The van der Waals surface area contributed by atoms with Gasteiger partial charge in [0.1, 0.15) is 17.9 Å². The molecule has 0 bridgehead atoms. The number of rotatable bonds is 5. The molecule has 1 unspecified atom stereocenters. The van der Waals surface area contributed by atoms with E-state index in [9.17, 15) is 4.79 Å². The number of para-hydroxylation sites is 1. The van der Waals surface area contributed by atoms with Gasteiger partial charge < -0.3 is 14.8 Å². The van der Waals surface area contributed by atoms with E-state index in [4.69, 9.17) is 9.47 Å². The van der Waals surface area contributed by atoms with Crippen molar-refractivity contribution in [3.63, 3.8) is 0 Å². The van der Waals surface area contributed by atoms with E-state index in [1.807, 2.05) is 43.3 Å². The Morgan fingerprint density at radius 2 is 2.12 bits per heavy atom. The molecule has 5 heteroatoms. The van der Waals surface area contributed by atoms with Crippen LogP contribution in [0.3, 0.4) is 0 Å². The highest BCUT2D eigenvalue weighted by atomic mass is 16.5. The molecule has 1 aromatic heterocycles. The van der Waals surface area contributed by atoms with E-state index < -0.39 is 5.54 Å². The van der Waals surface area contributed by atoms with Crippen LogP contribution in [-0.2, 0) is 11.2 Å². The summed E-state index contributed by atoms with van der Waals surface area (Å²) in [7, 11) is 1.64. The fraction of sp³-hybridized carbons (Fsp3) is 0.429. The van der Waals surface area contributed by atoms with Gasteiger partial charge in [0.15, 0.2) is 0 Å². The molecule has 0 spiro atoms. The van der Waals surface area contributed by atoms with Crippen LogP contribution in [0.1, 0.15) is 46.1 Å². The SMILES string of the molecule is COCC1(NC(=O)c2ccc(C3CC3)nc2C)COc2ccccc2C1. The number of carbonyl (C=O) groups is 1. The minimum atomic E-state index is -0.582. The average molecular weight is 352 g/mol. The Morgan fingerprint density at radius 1 is 1.31 bits per heavy atom. The quantitative estimate of drug-likeness (QED) is 0.899. The van der Waals surface area contributed by atoms with Crippen LogP contribution in [0.5, 0.6) is 5.75 Å². The summed E-state index contributed by atoms with van der Waals surface area (Å²) < 4.78 is 11.3. The highest BCUT2D eigenvalue weighted by Gasteiger charge is 2.38. The highest BCUT2D eigenvalue weighted by Crippen LogP contribution is 2.39. The monoisotopic (exact) mass is 352 g/mol. The summed E-state index contributed by atoms with van der Waals surface area (Å²) in [6.07, 6.45) is 3.08. The lowest BCUT2D eigenvalue weighted by atomic mass is 9.89. The third kappa shape index (κ3) is 3.31. The number of pyridine rings is 1. The van der Waals surface area contributed by atoms with Crippen molar-refractivity contribution in [3.05, 3.63) is 58.9 Å². The fourth-order valence-electron chi connectivity index (χ4n) is 3.64. The Bertz CT molecular complexity index is 832. The zero-order valence-corrected chi connectivity index (χ0v) is 15.2. The highest BCUT2D eigenvalue weighted by molar-refractivity contribution is 5.95. The lowest BCUT2D eigenvalue weighted by Gasteiger charge is -2.38. The molecule has 1 amide bonds. The van der Waals surface area contributed by atoms with E-state index in [1.54, 1.807) is 7.11 Å². The summed E-state index contributed by atoms with van der Waals surface area (Å²) in [5.41, 5.74) is 2.98. The van der Waals surface area contributed by atoms with Crippen LogP contribution in [0.15, 0.2) is 36.4 Å². The van der Waals surface area contributed by atoms with Crippen LogP contribution in [0.2, 0.25) is 0 Å². The van der Waals surface area contributed by atoms with Gasteiger partial charge in [-0.1, -0.05) is 18.2 Å². The Balaban J connectivity index is 1.56. The lowest BCUT2D eigenvalue weighted by Crippen LogP contribution is -2.59. The lowest BCUT2D eigenvalue weighted by molar-refractivity contribution is 0.0506. The van der Waals surface area contributed by atoms with Gasteiger partial charge in [-0.15, -0.1) is 0 Å². The average Bonchev–Trinajstić information content (AvgIpc) is 3.47. The maximum atomic E-state index is 13.0. The minimum absolute atomic E-state index is 0.127. The first-order chi connectivity index (χ1) is 12.6. The van der Waals surface area contributed by atoms with Crippen LogP contribution in [-0.4, -0.2) is 36.8 Å². The molecule has 2 aromatic rings. The second kappa shape index (κ2) is 6.72. The zero-order chi connectivity index (χ0) is 18.1. The zero-order valence-electron chi connectivity index (χ0n) is 15.2. The molecular weight excluding hydrogens is 328 g/mol. The second-order valence-corrected chi connectivity index (χ2v) is 7.38. The van der Waals surface area contributed by atoms with Gasteiger partial charge in [0, 0.05) is 25.1 Å². The van der Waals surface area contributed by atoms with Crippen LogP contribution in [0.25, 0.3) is 0 Å². The number of aromatic nitrogens is 1. The molecule has 1 aliphatic carbocycles. The van der Waals surface area contributed by atoms with Crippen molar-refractivity contribution in [1.82, 2.24) is 10.3 Å². The molecular formula is C21H24N2O3. The number of amides is 1. The van der Waals surface area contributed by atoms with Gasteiger partial charge in [-0.2, -0.15) is 0 Å². The molecule has 1 aromatic carbocycles. The first kappa shape index (κ1) is 17.0. The molecule has 1 fully saturated rings. The molecule has 2 aliphatic rings. The Hall–Kier alpha value is -2.40. The molecule has 26 heavy (non-hydrogen) atoms. The number of hydrogen-bond acceptors (Lipinski definition) is 4. The number of nitrogens with zero attached hydrogens (tertiary/aromatic N) is 1. The summed E-state index contributed by atoms with van der Waals surface area (Å²) in [5.74, 6) is 1.33. The summed E-state index contributed by atoms with van der Waals surface area (Å²) in [6, 6.07) is 11.8. The van der Waals surface area contributed by atoms with Gasteiger partial charge in [0.2, 0.25) is 0 Å². The van der Waals surface area contributed by atoms with Gasteiger partial charge in [-0.3, -0.25) is 9.78 Å². The Kier molecular flexibility index (Phi) is 4.41. The van der Waals surface area contributed by atoms with E-state index in [0.717, 1.165) is 22.7 Å². The number of methoxy groups -OCH3 is 1. The first-order valence-corrected chi connectivity index (χ1v) is 9.10. The molecule has 0 saturated heterocycles. The van der Waals surface area contributed by atoms with Crippen molar-refractivity contribution in [2.45, 2.75) is 37.6 Å². The predicted octanol–water partition coefficient (Wildman–Crippen LogP) is 3.02. The second-order valence-electron chi connectivity index (χ2n) is 7.38. The third-order valence-electron chi connectivity index (χ3n) is 5.15. The minimum Gasteiger partial charge on any atom is -0.491 e. The molecule has 2 heterocycles. The third-order valence-corrected chi connectivity index (χ3v) is 5.15. The van der Waals surface area contributed by atoms with Gasteiger partial charge in [0.25, 0.3) is 5.91 Å². The van der Waals surface area contributed by atoms with Crippen molar-refractivity contribution in [3.8, 4) is 5.75 Å². The molecule has 4 rings (SSSR count). The maximum absolute atomic E-state index is 13.0. The van der Waals surface area contributed by atoms with Crippen molar-refractivity contribution in [1.29, 1.82) is 0 Å². The van der Waals surface area contributed by atoms with Gasteiger partial charge in [-0.25, -0.2) is 0 Å². The summed E-state index contributed by atoms with van der Waals surface area (Å²) in [5, 5.41) is 3.17. The van der Waals surface area contributed by atoms with E-state index >= 15 is 0 Å². The molecule has 1 atom stereocenters. The van der Waals surface area contributed by atoms with Gasteiger partial charge in [-0.05, 0) is 43.5 Å². The Morgan fingerprint density at radius 3 is 2.85 bits per heavy atom. The van der Waals surface area contributed by atoms with E-state index in [1.165, 1.54) is 12.8 Å². The summed E-state index contributed by atoms with van der Waals surface area (Å²) in [4.78, 5) is 17.6. The largest absolute Gasteiger partial charge is 0.491 e. The van der Waals surface area contributed by atoms with Crippen molar-refractivity contribution < 1.29 is 14.3 Å². The van der Waals surface area contributed by atoms with Crippen molar-refractivity contribution >= 4 is 5.91 Å². The van der Waals surface area contributed by atoms with Crippen LogP contribution in [0.4, 0.5) is 0 Å². The smallest absolute Gasteiger partial charge is 0.253 e. The van der Waals surface area contributed by atoms with Gasteiger partial charge in [0.05, 0.1) is 17.9 Å². The van der Waals surface area contributed by atoms with Crippen LogP contribution < -0.4 is 10.1 Å². The van der Waals surface area contributed by atoms with Crippen LogP contribution in [0, 0.1) is 6.92 Å². The standard InChI is InChI=1S/C21H24N2O3/c1-14-17(9-10-18(22-14)15-7-8-15)20(24)23-21(12-25-2)11-16-5-3-4-6-19(16)26-13-21/h3-6,9-10,15H,7-8,11-13H2,1-2H3,(H,23,24). The van der Waals surface area contributed by atoms with E-state index in [-0.39, 0.29) is 5.91 Å². The molecule has 1 N–H and O–H groups in total. The number of benzene rings is 1. The number of hydrogen-bond donors (Lipinski definition) is 1. The fourth-order valence-corrected chi connectivity index (χ4v) is 3.64. The molecule has 1 aliphatic heterocycles. The number of carbonyl (C=O) groups excluding carboxylic acids is 1. The molecule has 136 valence electrons. The van der Waals surface area contributed by atoms with Crippen molar-refractivity contribution in [2.75, 3.05) is 20.3 Å². The number of nitrogens with one attached hydrogen (secondary N) is 1. The number of fused-ring (bicyclic) bond motifs is 1. The van der Waals surface area contributed by atoms with E-state index in [0.29, 0.717) is 31.1 Å². The van der Waals surface area contributed by atoms with E-state index in [2.05, 4.69) is 10.3 Å². The topological polar surface area (TPSA) is 60.5 Å². The summed E-state index contributed by atoms with van der Waals surface area (Å²) >= 11 is 0. The number of aryl methyl sites for hydroxylation is 1. The molecule has 1 saturated carbocycles. The summed E-state index contributed by atoms with van der Waals surface area (Å²) in [6.45, 7) is 2.67. The molecule has 0 radical (unpaired) electrons. The predicted molar refractivity (Wildman–Crippen MR) is 98.7 cm³/mol. The Labute approximate surface area is 153 Å².